The number of hydrogen-bond donors (Lipinski definition) is 1. The second-order valence-electron chi connectivity index (χ2n) is 3.97. The number of furan rings is 1. The van der Waals surface area contributed by atoms with Gasteiger partial charge in [-0.05, 0) is 18.2 Å². The van der Waals surface area contributed by atoms with Crippen LogP contribution in [0.25, 0.3) is 22.0 Å². The number of H-pyrrole nitrogens is 1. The molecule has 3 aromatic rings. The first-order valence-corrected chi connectivity index (χ1v) is 5.51. The zero-order valence-corrected chi connectivity index (χ0v) is 9.77. The molecule has 0 aliphatic rings. The summed E-state index contributed by atoms with van der Waals surface area (Å²) in [6.07, 6.45) is 5.23. The van der Waals surface area contributed by atoms with Crippen LogP contribution < -0.4 is 0 Å². The maximum absolute atomic E-state index is 11.4. The van der Waals surface area contributed by atoms with Crippen LogP contribution in [-0.2, 0) is 4.74 Å². The third-order valence-corrected chi connectivity index (χ3v) is 2.94. The zero-order chi connectivity index (χ0) is 12.5. The topological polar surface area (TPSA) is 55.2 Å². The number of aromatic nitrogens is 1. The van der Waals surface area contributed by atoms with E-state index in [1.807, 2.05) is 18.3 Å². The summed E-state index contributed by atoms with van der Waals surface area (Å²) in [6, 6.07) is 7.34. The number of esters is 1. The van der Waals surface area contributed by atoms with Crippen molar-refractivity contribution in [2.45, 2.75) is 0 Å². The van der Waals surface area contributed by atoms with Gasteiger partial charge in [-0.15, -0.1) is 0 Å². The third kappa shape index (κ3) is 1.59. The molecule has 0 aliphatic carbocycles. The largest absolute Gasteiger partial charge is 0.472 e. The molecule has 0 radical (unpaired) electrons. The van der Waals surface area contributed by atoms with Gasteiger partial charge in [0.25, 0.3) is 0 Å². The molecule has 3 rings (SSSR count). The number of fused-ring (bicyclic) bond motifs is 1. The maximum atomic E-state index is 11.4. The summed E-state index contributed by atoms with van der Waals surface area (Å²) in [5, 5.41) is 1.05. The lowest BCUT2D eigenvalue weighted by atomic mass is 10.1. The highest BCUT2D eigenvalue weighted by Crippen LogP contribution is 2.29. The molecule has 0 amide bonds. The van der Waals surface area contributed by atoms with Crippen LogP contribution in [0.4, 0.5) is 0 Å². The Morgan fingerprint density at radius 3 is 2.94 bits per heavy atom. The average Bonchev–Trinajstić information content (AvgIpc) is 3.05. The first kappa shape index (κ1) is 10.7. The number of nitrogens with one attached hydrogen (secondary N) is 1. The fourth-order valence-electron chi connectivity index (χ4n) is 2.03. The SMILES string of the molecule is COC(=O)c1ccc2c(-c3ccoc3)c[nH]c2c1. The van der Waals surface area contributed by atoms with Crippen LogP contribution in [-0.4, -0.2) is 18.1 Å². The van der Waals surface area contributed by atoms with Gasteiger partial charge in [0.1, 0.15) is 0 Å². The highest BCUT2D eigenvalue weighted by Gasteiger charge is 2.10. The molecule has 0 saturated heterocycles. The van der Waals surface area contributed by atoms with Crippen molar-refractivity contribution < 1.29 is 13.9 Å². The monoisotopic (exact) mass is 241 g/mol. The lowest BCUT2D eigenvalue weighted by Crippen LogP contribution is -2.00. The standard InChI is InChI=1S/C14H11NO3/c1-17-14(16)9-2-3-11-12(7-15-13(11)6-9)10-4-5-18-8-10/h2-8,15H,1H3. The summed E-state index contributed by atoms with van der Waals surface area (Å²) in [6.45, 7) is 0. The number of aromatic amines is 1. The van der Waals surface area contributed by atoms with E-state index in [1.165, 1.54) is 7.11 Å². The highest BCUT2D eigenvalue weighted by molar-refractivity contribution is 6.00. The molecular formula is C14H11NO3. The van der Waals surface area contributed by atoms with Gasteiger partial charge in [0.05, 0.1) is 25.2 Å². The molecule has 0 aliphatic heterocycles. The van der Waals surface area contributed by atoms with Crippen molar-refractivity contribution in [2.24, 2.45) is 0 Å². The minimum absolute atomic E-state index is 0.337. The number of carbonyl (C=O) groups is 1. The van der Waals surface area contributed by atoms with E-state index in [2.05, 4.69) is 4.98 Å². The van der Waals surface area contributed by atoms with Gasteiger partial charge in [0, 0.05) is 28.2 Å². The summed E-state index contributed by atoms with van der Waals surface area (Å²) in [5.41, 5.74) is 3.49. The molecule has 1 N–H and O–H groups in total. The first-order chi connectivity index (χ1) is 8.79. The Bertz CT molecular complexity index is 695. The number of hydrogen-bond acceptors (Lipinski definition) is 3. The van der Waals surface area contributed by atoms with Crippen LogP contribution in [0.1, 0.15) is 10.4 Å². The molecule has 0 fully saturated rings. The third-order valence-electron chi connectivity index (χ3n) is 2.94. The van der Waals surface area contributed by atoms with Gasteiger partial charge in [-0.25, -0.2) is 4.79 Å². The zero-order valence-electron chi connectivity index (χ0n) is 9.77. The van der Waals surface area contributed by atoms with E-state index in [9.17, 15) is 4.79 Å². The lowest BCUT2D eigenvalue weighted by Gasteiger charge is -1.99. The van der Waals surface area contributed by atoms with Crippen molar-refractivity contribution in [1.29, 1.82) is 0 Å². The number of methoxy groups -OCH3 is 1. The van der Waals surface area contributed by atoms with E-state index in [0.717, 1.165) is 22.0 Å². The summed E-state index contributed by atoms with van der Waals surface area (Å²) in [4.78, 5) is 14.6. The van der Waals surface area contributed by atoms with Crippen LogP contribution >= 0.6 is 0 Å². The molecule has 0 spiro atoms. The predicted octanol–water partition coefficient (Wildman–Crippen LogP) is 3.21. The number of ether oxygens (including phenoxy) is 1. The van der Waals surface area contributed by atoms with E-state index in [0.29, 0.717) is 5.56 Å². The van der Waals surface area contributed by atoms with E-state index in [4.69, 9.17) is 9.15 Å². The van der Waals surface area contributed by atoms with Crippen molar-refractivity contribution in [2.75, 3.05) is 7.11 Å². The van der Waals surface area contributed by atoms with E-state index >= 15 is 0 Å². The van der Waals surface area contributed by atoms with Gasteiger partial charge in [0.15, 0.2) is 0 Å². The van der Waals surface area contributed by atoms with Gasteiger partial charge in [-0.2, -0.15) is 0 Å². The summed E-state index contributed by atoms with van der Waals surface area (Å²) in [5.74, 6) is -0.337. The van der Waals surface area contributed by atoms with Crippen LogP contribution in [0.5, 0.6) is 0 Å². The fourth-order valence-corrected chi connectivity index (χ4v) is 2.03. The number of benzene rings is 1. The molecule has 90 valence electrons. The van der Waals surface area contributed by atoms with E-state index < -0.39 is 0 Å². The smallest absolute Gasteiger partial charge is 0.337 e. The predicted molar refractivity (Wildman–Crippen MR) is 67.3 cm³/mol. The van der Waals surface area contributed by atoms with Gasteiger partial charge in [-0.1, -0.05) is 6.07 Å². The van der Waals surface area contributed by atoms with Crippen molar-refractivity contribution in [3.8, 4) is 11.1 Å². The Hall–Kier alpha value is -2.49. The second-order valence-corrected chi connectivity index (χ2v) is 3.97. The number of rotatable bonds is 2. The highest BCUT2D eigenvalue weighted by atomic mass is 16.5. The summed E-state index contributed by atoms with van der Waals surface area (Å²) in [7, 11) is 1.37. The molecule has 1 aromatic carbocycles. The van der Waals surface area contributed by atoms with Crippen LogP contribution in [0.15, 0.2) is 47.4 Å². The van der Waals surface area contributed by atoms with Gasteiger partial charge < -0.3 is 14.1 Å². The number of carbonyl (C=O) groups excluding carboxylic acids is 1. The molecule has 18 heavy (non-hydrogen) atoms. The minimum atomic E-state index is -0.337. The van der Waals surface area contributed by atoms with Crippen molar-refractivity contribution in [3.05, 3.63) is 48.6 Å². The first-order valence-electron chi connectivity index (χ1n) is 5.51. The van der Waals surface area contributed by atoms with E-state index in [-0.39, 0.29) is 5.97 Å². The quantitative estimate of drug-likeness (QED) is 0.701. The van der Waals surface area contributed by atoms with Gasteiger partial charge >= 0.3 is 5.97 Å². The fraction of sp³-hybridized carbons (Fsp3) is 0.0714. The molecular weight excluding hydrogens is 230 g/mol. The van der Waals surface area contributed by atoms with Crippen molar-refractivity contribution >= 4 is 16.9 Å². The summed E-state index contributed by atoms with van der Waals surface area (Å²) >= 11 is 0. The average molecular weight is 241 g/mol. The molecule has 0 unspecified atom stereocenters. The minimum Gasteiger partial charge on any atom is -0.472 e. The van der Waals surface area contributed by atoms with Gasteiger partial charge in [0.2, 0.25) is 0 Å². The second kappa shape index (κ2) is 4.07. The Labute approximate surface area is 103 Å². The van der Waals surface area contributed by atoms with Crippen LogP contribution in [0.3, 0.4) is 0 Å². The Morgan fingerprint density at radius 2 is 2.22 bits per heavy atom. The molecule has 4 nitrogen and oxygen atoms in total. The molecule has 0 saturated carbocycles. The van der Waals surface area contributed by atoms with E-state index in [1.54, 1.807) is 24.7 Å². The summed E-state index contributed by atoms with van der Waals surface area (Å²) < 4.78 is 9.77. The van der Waals surface area contributed by atoms with Crippen molar-refractivity contribution in [3.63, 3.8) is 0 Å². The molecule has 4 heteroatoms. The molecule has 0 bridgehead atoms. The molecule has 2 aromatic heterocycles. The lowest BCUT2D eigenvalue weighted by molar-refractivity contribution is 0.0601. The molecule has 0 atom stereocenters. The normalized spacial score (nSPS) is 10.7. The molecule has 2 heterocycles. The Morgan fingerprint density at radius 1 is 1.33 bits per heavy atom. The van der Waals surface area contributed by atoms with Crippen molar-refractivity contribution in [1.82, 2.24) is 4.98 Å². The van der Waals surface area contributed by atoms with Crippen LogP contribution in [0.2, 0.25) is 0 Å². The van der Waals surface area contributed by atoms with Gasteiger partial charge in [-0.3, -0.25) is 0 Å². The van der Waals surface area contributed by atoms with Crippen LogP contribution in [0, 0.1) is 0 Å². The Balaban J connectivity index is 2.14. The Kier molecular flexibility index (Phi) is 2.41. The maximum Gasteiger partial charge on any atom is 0.337 e.